The number of hydrogen-bond donors (Lipinski definition) is 4. The van der Waals surface area contributed by atoms with Gasteiger partial charge in [-0.15, -0.1) is 28.2 Å². The zero-order valence-electron chi connectivity index (χ0n) is 17.5. The van der Waals surface area contributed by atoms with E-state index in [1.54, 1.807) is 0 Å². The fourth-order valence-corrected chi connectivity index (χ4v) is 6.00. The zero-order chi connectivity index (χ0) is 25.3. The number of nitrogens with two attached hydrogens (primary N) is 1. The molecule has 0 radical (unpaired) electrons. The van der Waals surface area contributed by atoms with Gasteiger partial charge in [-0.3, -0.25) is 14.5 Å². The van der Waals surface area contributed by atoms with E-state index in [9.17, 15) is 24.3 Å². The molecule has 1 fully saturated rings. The maximum absolute atomic E-state index is 12.8. The minimum Gasteiger partial charge on any atom is -0.477 e. The molecule has 0 unspecified atom stereocenters. The first-order valence-corrected chi connectivity index (χ1v) is 12.4. The summed E-state index contributed by atoms with van der Waals surface area (Å²) in [4.78, 5) is 58.3. The molecule has 0 bridgehead atoms. The topological polar surface area (TPSA) is 223 Å². The number of amides is 2. The third kappa shape index (κ3) is 4.80. The number of carboxylic acid groups (broad SMARTS) is 2. The molecule has 2 aliphatic rings. The molecule has 0 spiro atoms. The third-order valence-electron chi connectivity index (χ3n) is 4.66. The van der Waals surface area contributed by atoms with Crippen molar-refractivity contribution in [2.75, 3.05) is 24.3 Å². The molecule has 2 amide bonds. The number of anilines is 1. The van der Waals surface area contributed by atoms with E-state index < -0.39 is 41.1 Å². The molecule has 0 aliphatic carbocycles. The lowest BCUT2D eigenvalue weighted by atomic mass is 10.0. The van der Waals surface area contributed by atoms with E-state index in [-0.39, 0.29) is 39.0 Å². The standard InChI is InChI=1S/C17H15N7O8S3/c1-31-23-7(6-4-34-16(18)19-6)10(25)20-8-12(26)24-9(14(27)28)5(2-33-13(8)24)3-35-17-22-21-11(32-17)15(29)30/h4,8,13H,2-3H2,1H3,(H2,18,19)(H,20,25)(H,27,28)(H,29,30)/t8-,13+/m1/s1. The molecule has 2 aliphatic heterocycles. The third-order valence-corrected chi connectivity index (χ3v) is 7.58. The summed E-state index contributed by atoms with van der Waals surface area (Å²) in [5, 5.41) is 32.8. The molecule has 5 N–H and O–H groups in total. The van der Waals surface area contributed by atoms with Crippen molar-refractivity contribution in [2.45, 2.75) is 16.6 Å². The molecule has 2 aromatic heterocycles. The van der Waals surface area contributed by atoms with Crippen LogP contribution in [0.5, 0.6) is 0 Å². The maximum Gasteiger partial charge on any atom is 0.393 e. The molecule has 2 atom stereocenters. The summed E-state index contributed by atoms with van der Waals surface area (Å²) in [6.07, 6.45) is 0. The van der Waals surface area contributed by atoms with Crippen LogP contribution in [0, 0.1) is 0 Å². The van der Waals surface area contributed by atoms with E-state index in [0.717, 1.165) is 28.0 Å². The average Bonchev–Trinajstić information content (AvgIpc) is 3.47. The zero-order valence-corrected chi connectivity index (χ0v) is 20.0. The van der Waals surface area contributed by atoms with E-state index in [0.29, 0.717) is 5.57 Å². The number of fused-ring (bicyclic) bond motifs is 1. The van der Waals surface area contributed by atoms with Crippen LogP contribution in [-0.2, 0) is 19.2 Å². The first-order valence-electron chi connectivity index (χ1n) is 9.44. The van der Waals surface area contributed by atoms with Gasteiger partial charge in [0.2, 0.25) is 0 Å². The van der Waals surface area contributed by atoms with Gasteiger partial charge in [0.1, 0.15) is 29.9 Å². The van der Waals surface area contributed by atoms with Crippen LogP contribution in [0.15, 0.2) is 31.4 Å². The Bertz CT molecular complexity index is 1270. The Morgan fingerprint density at radius 1 is 1.37 bits per heavy atom. The van der Waals surface area contributed by atoms with E-state index >= 15 is 0 Å². The number of aromatic carboxylic acids is 1. The van der Waals surface area contributed by atoms with Crippen LogP contribution in [0.1, 0.15) is 16.4 Å². The highest BCUT2D eigenvalue weighted by atomic mass is 32.2. The molecule has 35 heavy (non-hydrogen) atoms. The summed E-state index contributed by atoms with van der Waals surface area (Å²) >= 11 is 3.30. The number of thiazole rings is 1. The highest BCUT2D eigenvalue weighted by molar-refractivity contribution is 8.01. The van der Waals surface area contributed by atoms with Crippen molar-refractivity contribution >= 4 is 69.5 Å². The molecule has 4 rings (SSSR count). The van der Waals surface area contributed by atoms with Gasteiger partial charge in [0, 0.05) is 16.9 Å². The number of nitrogens with one attached hydrogen (secondary N) is 1. The largest absolute Gasteiger partial charge is 0.477 e. The molecule has 0 saturated carbocycles. The molecule has 184 valence electrons. The van der Waals surface area contributed by atoms with Crippen molar-refractivity contribution < 1.29 is 38.6 Å². The first kappa shape index (κ1) is 24.5. The van der Waals surface area contributed by atoms with Crippen LogP contribution < -0.4 is 11.1 Å². The maximum atomic E-state index is 12.8. The number of thioether (sulfide) groups is 2. The number of hydrogen-bond acceptors (Lipinski definition) is 14. The van der Waals surface area contributed by atoms with Crippen LogP contribution in [0.3, 0.4) is 0 Å². The normalized spacial score (nSPS) is 19.7. The minimum absolute atomic E-state index is 0.0560. The number of oxime groups is 1. The summed E-state index contributed by atoms with van der Waals surface area (Å²) in [7, 11) is 1.25. The molecule has 4 heterocycles. The van der Waals surface area contributed by atoms with Gasteiger partial charge in [-0.25, -0.2) is 14.6 Å². The van der Waals surface area contributed by atoms with Gasteiger partial charge in [-0.2, -0.15) is 0 Å². The molecule has 2 aromatic rings. The predicted molar refractivity (Wildman–Crippen MR) is 122 cm³/mol. The van der Waals surface area contributed by atoms with Gasteiger partial charge in [-0.05, 0) is 5.57 Å². The predicted octanol–water partition coefficient (Wildman–Crippen LogP) is -0.312. The molecular weight excluding hydrogens is 526 g/mol. The Labute approximate surface area is 207 Å². The highest BCUT2D eigenvalue weighted by Crippen LogP contribution is 2.41. The van der Waals surface area contributed by atoms with Crippen LogP contribution in [0.4, 0.5) is 5.13 Å². The number of rotatable bonds is 9. The van der Waals surface area contributed by atoms with Crippen LogP contribution in [0.2, 0.25) is 0 Å². The summed E-state index contributed by atoms with van der Waals surface area (Å²) in [5.41, 5.74) is 5.78. The van der Waals surface area contributed by atoms with Gasteiger partial charge >= 0.3 is 17.8 Å². The number of nitrogen functional groups attached to an aromatic ring is 1. The Kier molecular flexibility index (Phi) is 6.94. The average molecular weight is 542 g/mol. The molecule has 0 aromatic carbocycles. The lowest BCUT2D eigenvalue weighted by Crippen LogP contribution is -2.71. The van der Waals surface area contributed by atoms with Crippen LogP contribution >= 0.6 is 34.9 Å². The smallest absolute Gasteiger partial charge is 0.393 e. The van der Waals surface area contributed by atoms with Gasteiger partial charge in [0.15, 0.2) is 10.8 Å². The number of nitrogens with zero attached hydrogens (tertiary/aromatic N) is 5. The Balaban J connectivity index is 1.48. The number of carbonyl (C=O) groups is 4. The number of aliphatic carboxylic acids is 1. The van der Waals surface area contributed by atoms with Crippen LogP contribution in [-0.4, -0.2) is 89.8 Å². The fourth-order valence-electron chi connectivity index (χ4n) is 3.20. The Morgan fingerprint density at radius 3 is 2.74 bits per heavy atom. The number of β-lactam (4-membered cyclic amide) rings is 1. The Morgan fingerprint density at radius 2 is 2.14 bits per heavy atom. The van der Waals surface area contributed by atoms with Gasteiger partial charge in [0.05, 0.1) is 0 Å². The molecule has 18 heteroatoms. The van der Waals surface area contributed by atoms with Crippen molar-refractivity contribution in [3.8, 4) is 0 Å². The van der Waals surface area contributed by atoms with E-state index in [1.807, 2.05) is 0 Å². The van der Waals surface area contributed by atoms with Gasteiger partial charge in [-0.1, -0.05) is 22.0 Å². The van der Waals surface area contributed by atoms with E-state index in [1.165, 1.54) is 24.3 Å². The van der Waals surface area contributed by atoms with Gasteiger partial charge < -0.3 is 30.5 Å². The second kappa shape index (κ2) is 9.92. The summed E-state index contributed by atoms with van der Waals surface area (Å²) in [6.45, 7) is 0. The summed E-state index contributed by atoms with van der Waals surface area (Å²) in [5.74, 6) is -4.34. The number of carbonyl (C=O) groups excluding carboxylic acids is 2. The summed E-state index contributed by atoms with van der Waals surface area (Å²) < 4.78 is 4.96. The lowest BCUT2D eigenvalue weighted by Gasteiger charge is -2.49. The van der Waals surface area contributed by atoms with Crippen LogP contribution in [0.25, 0.3) is 0 Å². The Hall–Kier alpha value is -3.64. The molecule has 1 saturated heterocycles. The number of carboxylic acids is 2. The SMILES string of the molecule is CON=C(C(=O)N[C@@H]1C(=O)N2C(C(=O)O)=C(CSc3nnc(C(=O)O)o3)CS[C@@H]12)c1csc(N)n1. The quantitative estimate of drug-likeness (QED) is 0.138. The first-order chi connectivity index (χ1) is 16.7. The second-order valence-electron chi connectivity index (χ2n) is 6.78. The van der Waals surface area contributed by atoms with Crippen molar-refractivity contribution in [2.24, 2.45) is 5.16 Å². The second-order valence-corrected chi connectivity index (χ2v) is 9.70. The lowest BCUT2D eigenvalue weighted by molar-refractivity contribution is -0.150. The fraction of sp³-hybridized carbons (Fsp3) is 0.294. The van der Waals surface area contributed by atoms with Crippen molar-refractivity contribution in [1.82, 2.24) is 25.4 Å². The van der Waals surface area contributed by atoms with E-state index in [4.69, 9.17) is 20.1 Å². The molecular formula is C17H15N7O8S3. The highest BCUT2D eigenvalue weighted by Gasteiger charge is 2.54. The summed E-state index contributed by atoms with van der Waals surface area (Å²) in [6, 6.07) is -0.997. The molecule has 15 nitrogen and oxygen atoms in total. The monoisotopic (exact) mass is 541 g/mol. The van der Waals surface area contributed by atoms with Crippen molar-refractivity contribution in [3.63, 3.8) is 0 Å². The van der Waals surface area contributed by atoms with Crippen molar-refractivity contribution in [1.29, 1.82) is 0 Å². The van der Waals surface area contributed by atoms with Gasteiger partial charge in [0.25, 0.3) is 17.0 Å². The van der Waals surface area contributed by atoms with E-state index in [2.05, 4.69) is 25.7 Å². The van der Waals surface area contributed by atoms with Crippen molar-refractivity contribution in [3.05, 3.63) is 28.2 Å². The number of aromatic nitrogens is 3. The minimum atomic E-state index is -1.39.